The van der Waals surface area contributed by atoms with Crippen molar-refractivity contribution < 1.29 is 9.53 Å². The lowest BCUT2D eigenvalue weighted by Gasteiger charge is -2.05. The van der Waals surface area contributed by atoms with E-state index < -0.39 is 11.7 Å². The van der Waals surface area contributed by atoms with Gasteiger partial charge in [0.15, 0.2) is 11.3 Å². The number of hydrogen-bond donors (Lipinski definition) is 0. The number of imidazole rings is 1. The van der Waals surface area contributed by atoms with Gasteiger partial charge in [-0.1, -0.05) is 19.1 Å². The summed E-state index contributed by atoms with van der Waals surface area (Å²) in [5.74, 6) is -0.0187. The average Bonchev–Trinajstić information content (AvgIpc) is 2.83. The van der Waals surface area contributed by atoms with Gasteiger partial charge in [0.05, 0.1) is 6.61 Å². The van der Waals surface area contributed by atoms with E-state index in [2.05, 4.69) is 29.1 Å². The summed E-state index contributed by atoms with van der Waals surface area (Å²) in [4.78, 5) is 27.5. The van der Waals surface area contributed by atoms with Crippen molar-refractivity contribution in [2.45, 2.75) is 26.7 Å². The molecule has 0 aliphatic rings. The van der Waals surface area contributed by atoms with E-state index in [0.717, 1.165) is 21.9 Å². The van der Waals surface area contributed by atoms with Crippen LogP contribution in [0.2, 0.25) is 0 Å². The zero-order valence-electron chi connectivity index (χ0n) is 11.7. The number of rotatable bonds is 5. The fourth-order valence-corrected chi connectivity index (χ4v) is 1.75. The first-order valence-electron chi connectivity index (χ1n) is 6.45. The second-order valence-electron chi connectivity index (χ2n) is 4.95. The van der Waals surface area contributed by atoms with Gasteiger partial charge in [-0.25, -0.2) is 19.0 Å². The van der Waals surface area contributed by atoms with Gasteiger partial charge in [0.1, 0.15) is 6.33 Å². The van der Waals surface area contributed by atoms with Crippen LogP contribution in [0.5, 0.6) is 0 Å². The molecule has 0 spiro atoms. The van der Waals surface area contributed by atoms with Gasteiger partial charge in [-0.3, -0.25) is 0 Å². The molecule has 0 N–H and O–H groups in total. The highest BCUT2D eigenvalue weighted by atomic mass is 16.5. The van der Waals surface area contributed by atoms with Gasteiger partial charge in [-0.2, -0.15) is 4.68 Å². The average molecular weight is 279 g/mol. The van der Waals surface area contributed by atoms with Crippen molar-refractivity contribution in [1.82, 2.24) is 24.4 Å². The first-order valence-corrected chi connectivity index (χ1v) is 6.45. The van der Waals surface area contributed by atoms with Gasteiger partial charge in [0, 0.05) is 7.05 Å². The number of fused-ring (bicyclic) bond motifs is 1. The molecule has 0 saturated heterocycles. The molecule has 0 fully saturated rings. The summed E-state index contributed by atoms with van der Waals surface area (Å²) in [6.45, 7) is 4.54. The third-order valence-electron chi connectivity index (χ3n) is 2.85. The predicted molar refractivity (Wildman–Crippen MR) is 70.4 cm³/mol. The minimum atomic E-state index is -0.584. The van der Waals surface area contributed by atoms with Gasteiger partial charge >= 0.3 is 11.7 Å². The fraction of sp³-hybridized carbons (Fsp3) is 0.583. The monoisotopic (exact) mass is 279 g/mol. The Morgan fingerprint density at radius 2 is 2.20 bits per heavy atom. The summed E-state index contributed by atoms with van der Waals surface area (Å²) >= 11 is 0. The normalized spacial score (nSPS) is 11.2. The van der Waals surface area contributed by atoms with Crippen LogP contribution in [0.1, 0.15) is 37.2 Å². The summed E-state index contributed by atoms with van der Waals surface area (Å²) in [5.41, 5.74) is -0.289. The van der Waals surface area contributed by atoms with Crippen molar-refractivity contribution in [2.24, 2.45) is 13.0 Å². The maximum absolute atomic E-state index is 11.9. The van der Waals surface area contributed by atoms with Crippen LogP contribution >= 0.6 is 0 Å². The first kappa shape index (κ1) is 14.2. The van der Waals surface area contributed by atoms with Crippen molar-refractivity contribution in [3.63, 3.8) is 0 Å². The van der Waals surface area contributed by atoms with Gasteiger partial charge in [0.25, 0.3) is 0 Å². The smallest absolute Gasteiger partial charge is 0.360 e. The number of hydrogen-bond acceptors (Lipinski definition) is 6. The van der Waals surface area contributed by atoms with Crippen molar-refractivity contribution in [1.29, 1.82) is 0 Å². The lowest BCUT2D eigenvalue weighted by molar-refractivity contribution is 0.0490. The minimum absolute atomic E-state index is 0.0137. The number of aryl methyl sites for hydroxylation is 1. The highest BCUT2D eigenvalue weighted by Gasteiger charge is 2.18. The van der Waals surface area contributed by atoms with Crippen LogP contribution < -0.4 is 5.69 Å². The summed E-state index contributed by atoms with van der Waals surface area (Å²) < 4.78 is 7.35. The Labute approximate surface area is 115 Å². The molecule has 0 bridgehead atoms. The second-order valence-corrected chi connectivity index (χ2v) is 4.95. The van der Waals surface area contributed by atoms with Crippen LogP contribution in [-0.4, -0.2) is 37.0 Å². The van der Waals surface area contributed by atoms with Gasteiger partial charge < -0.3 is 4.74 Å². The summed E-state index contributed by atoms with van der Waals surface area (Å²) in [5, 5.41) is 7.42. The molecule has 20 heavy (non-hydrogen) atoms. The Morgan fingerprint density at radius 1 is 1.45 bits per heavy atom. The molecule has 2 aromatic heterocycles. The molecule has 0 atom stereocenters. The molecule has 0 radical (unpaired) electrons. The molecule has 8 heteroatoms. The highest BCUT2D eigenvalue weighted by Crippen LogP contribution is 2.07. The molecule has 0 aliphatic carbocycles. The van der Waals surface area contributed by atoms with Crippen LogP contribution in [0.4, 0.5) is 0 Å². The Bertz CT molecular complexity index is 673. The van der Waals surface area contributed by atoms with Crippen molar-refractivity contribution in [3.05, 3.63) is 22.5 Å². The Kier molecular flexibility index (Phi) is 4.11. The highest BCUT2D eigenvalue weighted by molar-refractivity contribution is 5.93. The van der Waals surface area contributed by atoms with E-state index in [1.165, 1.54) is 13.4 Å². The fourth-order valence-electron chi connectivity index (χ4n) is 1.75. The third-order valence-corrected chi connectivity index (χ3v) is 2.85. The van der Waals surface area contributed by atoms with E-state index in [-0.39, 0.29) is 11.3 Å². The van der Waals surface area contributed by atoms with E-state index in [0.29, 0.717) is 12.5 Å². The summed E-state index contributed by atoms with van der Waals surface area (Å²) in [6, 6.07) is 0. The largest absolute Gasteiger partial charge is 0.461 e. The van der Waals surface area contributed by atoms with Gasteiger partial charge in [0.2, 0.25) is 0 Å². The topological polar surface area (TPSA) is 91.4 Å². The number of esters is 1. The quantitative estimate of drug-likeness (QED) is 0.581. The standard InChI is InChI=1S/C12H17N5O3/c1-8(2)5-4-6-20-11(18)9-10-14-15-16(3)12(19)17(10)7-13-9/h7-8H,4-6H2,1-3H3. The molecule has 2 heterocycles. The molecule has 0 aliphatic heterocycles. The van der Waals surface area contributed by atoms with Crippen molar-refractivity contribution in [2.75, 3.05) is 6.61 Å². The number of nitrogens with zero attached hydrogens (tertiary/aromatic N) is 5. The zero-order valence-corrected chi connectivity index (χ0v) is 11.7. The number of carbonyl (C=O) groups is 1. The Balaban J connectivity index is 2.11. The molecule has 0 amide bonds. The third kappa shape index (κ3) is 2.84. The van der Waals surface area contributed by atoms with Crippen LogP contribution in [0.15, 0.2) is 11.1 Å². The Hall–Kier alpha value is -2.25. The molecule has 0 saturated carbocycles. The maximum Gasteiger partial charge on any atom is 0.360 e. The number of ether oxygens (including phenoxy) is 1. The number of carbonyl (C=O) groups excluding carboxylic acids is 1. The maximum atomic E-state index is 11.9. The summed E-state index contributed by atoms with van der Waals surface area (Å²) in [6.07, 6.45) is 3.03. The van der Waals surface area contributed by atoms with E-state index in [1.807, 2.05) is 0 Å². The SMILES string of the molecule is CC(C)CCCOC(=O)c1ncn2c(=O)n(C)nnc12. The molecule has 108 valence electrons. The van der Waals surface area contributed by atoms with E-state index in [9.17, 15) is 9.59 Å². The van der Waals surface area contributed by atoms with Crippen molar-refractivity contribution in [3.8, 4) is 0 Å². The van der Waals surface area contributed by atoms with Gasteiger partial charge in [-0.15, -0.1) is 5.10 Å². The molecule has 8 nitrogen and oxygen atoms in total. The summed E-state index contributed by atoms with van der Waals surface area (Å²) in [7, 11) is 1.47. The second kappa shape index (κ2) is 5.81. The molecular formula is C12H17N5O3. The minimum Gasteiger partial charge on any atom is -0.461 e. The van der Waals surface area contributed by atoms with Crippen LogP contribution in [-0.2, 0) is 11.8 Å². The Morgan fingerprint density at radius 3 is 2.90 bits per heavy atom. The van der Waals surface area contributed by atoms with Gasteiger partial charge in [-0.05, 0) is 18.8 Å². The molecular weight excluding hydrogens is 262 g/mol. The predicted octanol–water partition coefficient (Wildman–Crippen LogP) is 0.416. The van der Waals surface area contributed by atoms with E-state index in [1.54, 1.807) is 0 Å². The molecule has 2 rings (SSSR count). The molecule has 0 aromatic carbocycles. The lowest BCUT2D eigenvalue weighted by Crippen LogP contribution is -2.27. The zero-order chi connectivity index (χ0) is 14.7. The molecule has 2 aromatic rings. The molecule has 0 unspecified atom stereocenters. The van der Waals surface area contributed by atoms with E-state index in [4.69, 9.17) is 4.74 Å². The van der Waals surface area contributed by atoms with Crippen LogP contribution in [0.3, 0.4) is 0 Å². The van der Waals surface area contributed by atoms with Crippen LogP contribution in [0.25, 0.3) is 5.65 Å². The first-order chi connectivity index (χ1) is 9.50. The number of aromatic nitrogens is 5. The van der Waals surface area contributed by atoms with Crippen molar-refractivity contribution >= 4 is 11.6 Å². The lowest BCUT2D eigenvalue weighted by atomic mass is 10.1. The van der Waals surface area contributed by atoms with Crippen LogP contribution in [0, 0.1) is 5.92 Å². The van der Waals surface area contributed by atoms with E-state index >= 15 is 0 Å².